The molecule has 84 valence electrons. The van der Waals surface area contributed by atoms with Crippen LogP contribution in [0.15, 0.2) is 36.0 Å². The van der Waals surface area contributed by atoms with Gasteiger partial charge in [-0.1, -0.05) is 17.7 Å². The second-order valence-corrected chi connectivity index (χ2v) is 4.38. The number of thioether (sulfide) groups is 1. The summed E-state index contributed by atoms with van der Waals surface area (Å²) in [5.41, 5.74) is 6.73. The molecule has 3 N–H and O–H groups in total. The summed E-state index contributed by atoms with van der Waals surface area (Å²) < 4.78 is 0. The molecule has 3 nitrogen and oxygen atoms in total. The molecule has 1 aromatic carbocycles. The van der Waals surface area contributed by atoms with E-state index in [1.54, 1.807) is 12.1 Å². The molecule has 0 spiro atoms. The highest BCUT2D eigenvalue weighted by Gasteiger charge is 2.12. The lowest BCUT2D eigenvalue weighted by Crippen LogP contribution is -2.18. The summed E-state index contributed by atoms with van der Waals surface area (Å²) in [5, 5.41) is 12.6. The Morgan fingerprint density at radius 2 is 2.44 bits per heavy atom. The summed E-state index contributed by atoms with van der Waals surface area (Å²) in [4.78, 5) is 0. The van der Waals surface area contributed by atoms with Gasteiger partial charge in [0, 0.05) is 16.9 Å². The first kappa shape index (κ1) is 12.8. The Hall–Kier alpha value is -1.31. The third kappa shape index (κ3) is 3.37. The average Bonchev–Trinajstić information content (AvgIpc) is 2.29. The van der Waals surface area contributed by atoms with Crippen molar-refractivity contribution < 1.29 is 0 Å². The Morgan fingerprint density at radius 3 is 2.94 bits per heavy atom. The third-order valence-electron chi connectivity index (χ3n) is 1.95. The van der Waals surface area contributed by atoms with E-state index >= 15 is 0 Å². The van der Waals surface area contributed by atoms with Crippen molar-refractivity contribution in [2.75, 3.05) is 11.6 Å². The van der Waals surface area contributed by atoms with Gasteiger partial charge in [-0.2, -0.15) is 5.26 Å². The predicted octanol–water partition coefficient (Wildman–Crippen LogP) is 2.81. The number of nitrogens with zero attached hydrogens (tertiary/aromatic N) is 1. The van der Waals surface area contributed by atoms with Gasteiger partial charge >= 0.3 is 0 Å². The maximum Gasteiger partial charge on any atom is 0.109 e. The van der Waals surface area contributed by atoms with Gasteiger partial charge in [-0.3, -0.25) is 0 Å². The molecule has 1 unspecified atom stereocenters. The molecule has 0 amide bonds. The second-order valence-electron chi connectivity index (χ2n) is 3.00. The molecule has 0 fully saturated rings. The molecule has 0 radical (unpaired) electrons. The molecular weight excluding hydrogens is 242 g/mol. The molecule has 0 aromatic heterocycles. The summed E-state index contributed by atoms with van der Waals surface area (Å²) in [6.07, 6.45) is 3.22. The predicted molar refractivity (Wildman–Crippen MR) is 70.3 cm³/mol. The zero-order valence-corrected chi connectivity index (χ0v) is 10.3. The number of nitrogens with one attached hydrogen (secondary N) is 1. The van der Waals surface area contributed by atoms with E-state index in [4.69, 9.17) is 22.6 Å². The highest BCUT2D eigenvalue weighted by atomic mass is 35.5. The van der Waals surface area contributed by atoms with Gasteiger partial charge in [0.05, 0.1) is 11.6 Å². The molecule has 1 rings (SSSR count). The maximum absolute atomic E-state index is 8.88. The Balaban J connectivity index is 2.83. The summed E-state index contributed by atoms with van der Waals surface area (Å²) >= 11 is 7.37. The number of nitriles is 1. The number of benzene rings is 1. The van der Waals surface area contributed by atoms with Crippen LogP contribution in [0.1, 0.15) is 0 Å². The van der Waals surface area contributed by atoms with Crippen LogP contribution in [0.5, 0.6) is 0 Å². The molecule has 0 heterocycles. The summed E-state index contributed by atoms with van der Waals surface area (Å²) in [6, 6.07) is 9.39. The second kappa shape index (κ2) is 6.31. The zero-order chi connectivity index (χ0) is 12.0. The van der Waals surface area contributed by atoms with Gasteiger partial charge in [0.25, 0.3) is 0 Å². The highest BCUT2D eigenvalue weighted by Crippen LogP contribution is 2.21. The Bertz CT molecular complexity index is 425. The first-order valence-corrected chi connectivity index (χ1v) is 6.24. The maximum atomic E-state index is 8.88. The normalized spacial score (nSPS) is 12.9. The zero-order valence-electron chi connectivity index (χ0n) is 8.77. The Kier molecular flexibility index (Phi) is 5.03. The van der Waals surface area contributed by atoms with E-state index < -0.39 is 0 Å². The number of nitrogens with two attached hydrogens (primary N) is 1. The van der Waals surface area contributed by atoms with Crippen LogP contribution >= 0.6 is 23.4 Å². The number of hydrogen-bond acceptors (Lipinski definition) is 4. The monoisotopic (exact) mass is 253 g/mol. The van der Waals surface area contributed by atoms with Gasteiger partial charge in [-0.15, -0.1) is 11.8 Å². The van der Waals surface area contributed by atoms with E-state index in [1.807, 2.05) is 18.4 Å². The number of rotatable bonds is 4. The topological polar surface area (TPSA) is 61.8 Å². The van der Waals surface area contributed by atoms with Crippen LogP contribution in [0.3, 0.4) is 0 Å². The van der Waals surface area contributed by atoms with E-state index in [9.17, 15) is 0 Å². The molecule has 16 heavy (non-hydrogen) atoms. The van der Waals surface area contributed by atoms with E-state index in [0.717, 1.165) is 5.69 Å². The van der Waals surface area contributed by atoms with Crippen LogP contribution in [0.25, 0.3) is 0 Å². The lowest BCUT2D eigenvalue weighted by molar-refractivity contribution is 1.17. The molecule has 1 atom stereocenters. The third-order valence-corrected chi connectivity index (χ3v) is 3.03. The molecule has 1 aromatic rings. The fraction of sp³-hybridized carbons (Fsp3) is 0.182. The van der Waals surface area contributed by atoms with Gasteiger partial charge in [0.2, 0.25) is 0 Å². The van der Waals surface area contributed by atoms with Crippen LogP contribution in [0.4, 0.5) is 5.69 Å². The van der Waals surface area contributed by atoms with Crippen molar-refractivity contribution in [3.8, 4) is 6.07 Å². The minimum Gasteiger partial charge on any atom is -0.404 e. The lowest BCUT2D eigenvalue weighted by atomic mass is 10.2. The average molecular weight is 254 g/mol. The van der Waals surface area contributed by atoms with Crippen molar-refractivity contribution in [1.82, 2.24) is 0 Å². The fourth-order valence-corrected chi connectivity index (χ4v) is 2.01. The minimum absolute atomic E-state index is 0.159. The Morgan fingerprint density at radius 1 is 1.69 bits per heavy atom. The van der Waals surface area contributed by atoms with Crippen molar-refractivity contribution in [3.63, 3.8) is 0 Å². The van der Waals surface area contributed by atoms with Gasteiger partial charge in [0.15, 0.2) is 0 Å². The summed E-state index contributed by atoms with van der Waals surface area (Å²) in [5.74, 6) is 0. The first-order valence-electron chi connectivity index (χ1n) is 4.58. The van der Waals surface area contributed by atoms with Crippen LogP contribution in [-0.2, 0) is 0 Å². The summed E-state index contributed by atoms with van der Waals surface area (Å²) in [6.45, 7) is 0. The van der Waals surface area contributed by atoms with Crippen LogP contribution < -0.4 is 11.1 Å². The smallest absolute Gasteiger partial charge is 0.109 e. The molecular formula is C11H12ClN3S. The molecule has 0 aliphatic heterocycles. The highest BCUT2D eigenvalue weighted by molar-refractivity contribution is 7.99. The van der Waals surface area contributed by atoms with Crippen molar-refractivity contribution in [2.45, 2.75) is 5.37 Å². The van der Waals surface area contributed by atoms with Crippen LogP contribution in [0.2, 0.25) is 5.02 Å². The molecule has 0 saturated carbocycles. The van der Waals surface area contributed by atoms with E-state index in [-0.39, 0.29) is 5.37 Å². The van der Waals surface area contributed by atoms with E-state index in [2.05, 4.69) is 11.4 Å². The molecule has 0 aliphatic rings. The lowest BCUT2D eigenvalue weighted by Gasteiger charge is -2.16. The van der Waals surface area contributed by atoms with Crippen molar-refractivity contribution in [2.24, 2.45) is 5.73 Å². The quantitative estimate of drug-likeness (QED) is 0.640. The van der Waals surface area contributed by atoms with Gasteiger partial charge < -0.3 is 11.1 Å². The Labute approximate surface area is 104 Å². The van der Waals surface area contributed by atoms with E-state index in [0.29, 0.717) is 10.6 Å². The number of halogens is 1. The fourth-order valence-electron chi connectivity index (χ4n) is 1.18. The van der Waals surface area contributed by atoms with Gasteiger partial charge in [-0.05, 0) is 24.5 Å². The minimum atomic E-state index is -0.159. The molecule has 0 bridgehead atoms. The van der Waals surface area contributed by atoms with Gasteiger partial charge in [0.1, 0.15) is 5.37 Å². The largest absolute Gasteiger partial charge is 0.404 e. The van der Waals surface area contributed by atoms with E-state index in [1.165, 1.54) is 18.0 Å². The number of anilines is 1. The SMILES string of the molecule is CSC(Nc1cccc(Cl)c1)C(C#N)=CN. The van der Waals surface area contributed by atoms with Crippen molar-refractivity contribution >= 4 is 29.1 Å². The van der Waals surface area contributed by atoms with Crippen LogP contribution in [0, 0.1) is 11.3 Å². The number of hydrogen-bond donors (Lipinski definition) is 2. The van der Waals surface area contributed by atoms with Gasteiger partial charge in [-0.25, -0.2) is 0 Å². The standard InChI is InChI=1S/C11H12ClN3S/c1-16-11(8(6-13)7-14)15-10-4-2-3-9(12)5-10/h2-6,11,15H,13H2,1H3. The molecule has 0 aliphatic carbocycles. The first-order chi connectivity index (χ1) is 7.71. The molecule has 5 heteroatoms. The van der Waals surface area contributed by atoms with Crippen molar-refractivity contribution in [3.05, 3.63) is 41.1 Å². The van der Waals surface area contributed by atoms with Crippen molar-refractivity contribution in [1.29, 1.82) is 5.26 Å². The summed E-state index contributed by atoms with van der Waals surface area (Å²) in [7, 11) is 0. The van der Waals surface area contributed by atoms with Crippen LogP contribution in [-0.4, -0.2) is 11.6 Å². The molecule has 0 saturated heterocycles.